The molecule has 2 heterocycles. The molecule has 4 aromatic rings. The summed E-state index contributed by atoms with van der Waals surface area (Å²) in [4.78, 5) is 11.3. The van der Waals surface area contributed by atoms with E-state index in [0.717, 1.165) is 59.3 Å². The number of hydrogen-bond donors (Lipinski definition) is 2. The zero-order valence-electron chi connectivity index (χ0n) is 25.7. The van der Waals surface area contributed by atoms with Gasteiger partial charge in [0.25, 0.3) is 0 Å². The fourth-order valence-corrected chi connectivity index (χ4v) is 6.52. The SMILES string of the molecule is COc1ccc(N2CCCS/C2=N\C(O)NC2(c3ccc(-c4ncn(-c5ccc(OC(F)(F)F)cc5)n4)cc3)CC2)c(C(C)C)c1. The van der Waals surface area contributed by atoms with E-state index < -0.39 is 12.7 Å². The second-order valence-electron chi connectivity index (χ2n) is 11.6. The monoisotopic (exact) mass is 652 g/mol. The molecule has 46 heavy (non-hydrogen) atoms. The summed E-state index contributed by atoms with van der Waals surface area (Å²) >= 11 is 1.65. The van der Waals surface area contributed by atoms with Crippen molar-refractivity contribution in [1.29, 1.82) is 0 Å². The van der Waals surface area contributed by atoms with Gasteiger partial charge < -0.3 is 19.5 Å². The van der Waals surface area contributed by atoms with E-state index in [4.69, 9.17) is 9.73 Å². The molecule has 13 heteroatoms. The zero-order chi connectivity index (χ0) is 32.5. The Labute approximate surface area is 269 Å². The molecule has 1 saturated heterocycles. The van der Waals surface area contributed by atoms with Crippen molar-refractivity contribution in [2.24, 2.45) is 4.99 Å². The third-order valence-corrected chi connectivity index (χ3v) is 9.12. The molecule has 242 valence electrons. The van der Waals surface area contributed by atoms with Crippen molar-refractivity contribution in [3.05, 3.63) is 84.2 Å². The molecule has 3 aromatic carbocycles. The normalized spacial score (nSPS) is 17.7. The van der Waals surface area contributed by atoms with Crippen molar-refractivity contribution in [1.82, 2.24) is 20.1 Å². The summed E-state index contributed by atoms with van der Waals surface area (Å²) < 4.78 is 48.3. The second-order valence-corrected chi connectivity index (χ2v) is 12.6. The highest BCUT2D eigenvalue weighted by Crippen LogP contribution is 2.46. The number of amidine groups is 1. The maximum absolute atomic E-state index is 12.5. The predicted molar refractivity (Wildman–Crippen MR) is 172 cm³/mol. The van der Waals surface area contributed by atoms with Crippen molar-refractivity contribution in [2.45, 2.75) is 57.3 Å². The van der Waals surface area contributed by atoms with Gasteiger partial charge >= 0.3 is 6.36 Å². The van der Waals surface area contributed by atoms with Crippen LogP contribution in [0.2, 0.25) is 0 Å². The Morgan fingerprint density at radius 3 is 2.39 bits per heavy atom. The Kier molecular flexibility index (Phi) is 8.99. The number of thioether (sulfide) groups is 1. The van der Waals surface area contributed by atoms with Crippen molar-refractivity contribution in [3.8, 4) is 28.6 Å². The first-order valence-corrected chi connectivity index (χ1v) is 16.0. The minimum atomic E-state index is -4.75. The molecule has 1 aromatic heterocycles. The van der Waals surface area contributed by atoms with Crippen LogP contribution in [0, 0.1) is 0 Å². The molecular formula is C33H35F3N6O3S. The van der Waals surface area contributed by atoms with Gasteiger partial charge in [-0.15, -0.1) is 18.3 Å². The summed E-state index contributed by atoms with van der Waals surface area (Å²) in [7, 11) is 1.67. The van der Waals surface area contributed by atoms with Gasteiger partial charge in [-0.1, -0.05) is 49.9 Å². The lowest BCUT2D eigenvalue weighted by atomic mass is 10.00. The lowest BCUT2D eigenvalue weighted by Crippen LogP contribution is -2.41. The molecule has 1 saturated carbocycles. The van der Waals surface area contributed by atoms with Crippen LogP contribution in [0.1, 0.15) is 50.2 Å². The summed E-state index contributed by atoms with van der Waals surface area (Å²) in [5.41, 5.74) is 4.22. The molecule has 2 aliphatic rings. The maximum Gasteiger partial charge on any atom is 0.573 e. The first kappa shape index (κ1) is 31.9. The first-order valence-electron chi connectivity index (χ1n) is 15.0. The van der Waals surface area contributed by atoms with Crippen molar-refractivity contribution in [2.75, 3.05) is 24.3 Å². The van der Waals surface area contributed by atoms with Crippen LogP contribution in [-0.2, 0) is 5.54 Å². The Balaban J connectivity index is 1.14. The van der Waals surface area contributed by atoms with Crippen LogP contribution in [0.3, 0.4) is 0 Å². The number of hydrogen-bond acceptors (Lipinski definition) is 8. The third-order valence-electron chi connectivity index (χ3n) is 8.05. The molecule has 1 unspecified atom stereocenters. The molecule has 1 aliphatic heterocycles. The number of ether oxygens (including phenoxy) is 2. The number of alkyl halides is 3. The van der Waals surface area contributed by atoms with E-state index in [0.29, 0.717) is 11.5 Å². The standard InChI is InChI=1S/C33H35F3N6O3S/c1-21(2)27-19-26(44-3)13-14-28(27)41-17-4-18-46-31(41)38-30(43)39-32(15-16-32)23-7-5-22(6-8-23)29-37-20-42(40-29)24-9-11-25(12-10-24)45-33(34,35)36/h5-14,19-21,30,39,43H,4,15-18H2,1-3H3/b38-31-. The average molecular weight is 653 g/mol. The number of methoxy groups -OCH3 is 1. The lowest BCUT2D eigenvalue weighted by molar-refractivity contribution is -0.274. The highest BCUT2D eigenvalue weighted by atomic mass is 32.2. The lowest BCUT2D eigenvalue weighted by Gasteiger charge is -2.33. The van der Waals surface area contributed by atoms with Gasteiger partial charge in [0, 0.05) is 29.1 Å². The molecule has 0 spiro atoms. The molecule has 1 aliphatic carbocycles. The van der Waals surface area contributed by atoms with E-state index in [1.54, 1.807) is 18.9 Å². The number of benzene rings is 3. The molecule has 9 nitrogen and oxygen atoms in total. The fourth-order valence-electron chi connectivity index (χ4n) is 5.54. The van der Waals surface area contributed by atoms with Gasteiger partial charge in [-0.3, -0.25) is 5.32 Å². The van der Waals surface area contributed by atoms with E-state index in [1.807, 2.05) is 30.3 Å². The number of aliphatic hydroxyl groups is 1. The minimum absolute atomic E-state index is 0.288. The Hall–Kier alpha value is -4.07. The van der Waals surface area contributed by atoms with Crippen LogP contribution in [-0.4, -0.2) is 57.2 Å². The van der Waals surface area contributed by atoms with Gasteiger partial charge in [0.2, 0.25) is 6.35 Å². The summed E-state index contributed by atoms with van der Waals surface area (Å²) in [6, 6.07) is 19.3. The van der Waals surface area contributed by atoms with Gasteiger partial charge in [0.15, 0.2) is 11.0 Å². The van der Waals surface area contributed by atoms with Crippen LogP contribution in [0.15, 0.2) is 78.0 Å². The van der Waals surface area contributed by atoms with Crippen molar-refractivity contribution in [3.63, 3.8) is 0 Å². The van der Waals surface area contributed by atoms with Crippen LogP contribution in [0.25, 0.3) is 17.1 Å². The van der Waals surface area contributed by atoms with Gasteiger partial charge in [-0.2, -0.15) is 0 Å². The summed E-state index contributed by atoms with van der Waals surface area (Å²) in [6.07, 6.45) is -1.59. The Morgan fingerprint density at radius 1 is 1.02 bits per heavy atom. The van der Waals surface area contributed by atoms with Gasteiger partial charge in [0.1, 0.15) is 17.8 Å². The number of nitrogens with zero attached hydrogens (tertiary/aromatic N) is 5. The first-order chi connectivity index (χ1) is 22.0. The minimum Gasteiger partial charge on any atom is -0.497 e. The van der Waals surface area contributed by atoms with Crippen LogP contribution in [0.4, 0.5) is 18.9 Å². The van der Waals surface area contributed by atoms with E-state index in [1.165, 1.54) is 40.8 Å². The quantitative estimate of drug-likeness (QED) is 0.180. The molecule has 6 rings (SSSR count). The molecule has 2 N–H and O–H groups in total. The fraction of sp³-hybridized carbons (Fsp3) is 0.364. The van der Waals surface area contributed by atoms with Gasteiger partial charge in [-0.25, -0.2) is 14.7 Å². The van der Waals surface area contributed by atoms with E-state index in [9.17, 15) is 18.3 Å². The molecule has 2 fully saturated rings. The van der Waals surface area contributed by atoms with Crippen molar-refractivity contribution < 1.29 is 27.8 Å². The predicted octanol–water partition coefficient (Wildman–Crippen LogP) is 6.82. The zero-order valence-corrected chi connectivity index (χ0v) is 26.5. The summed E-state index contributed by atoms with van der Waals surface area (Å²) in [5.74, 6) is 2.20. The smallest absolute Gasteiger partial charge is 0.497 e. The number of rotatable bonds is 10. The number of aliphatic imine (C=N–C) groups is 1. The number of nitrogens with one attached hydrogen (secondary N) is 1. The van der Waals surface area contributed by atoms with Gasteiger partial charge in [0.05, 0.1) is 12.8 Å². The number of anilines is 1. The van der Waals surface area contributed by atoms with Gasteiger partial charge in [-0.05, 0) is 78.8 Å². The Morgan fingerprint density at radius 2 is 1.74 bits per heavy atom. The molecule has 0 radical (unpaired) electrons. The van der Waals surface area contributed by atoms with Crippen LogP contribution < -0.4 is 19.7 Å². The van der Waals surface area contributed by atoms with Crippen molar-refractivity contribution >= 4 is 22.6 Å². The molecule has 1 atom stereocenters. The van der Waals surface area contributed by atoms with E-state index in [-0.39, 0.29) is 17.2 Å². The highest BCUT2D eigenvalue weighted by Gasteiger charge is 2.45. The highest BCUT2D eigenvalue weighted by molar-refractivity contribution is 8.14. The summed E-state index contributed by atoms with van der Waals surface area (Å²) in [6.45, 7) is 5.13. The molecule has 0 amide bonds. The average Bonchev–Trinajstić information content (AvgIpc) is 3.64. The van der Waals surface area contributed by atoms with Crippen LogP contribution >= 0.6 is 11.8 Å². The number of halogens is 3. The topological polar surface area (TPSA) is 97.0 Å². The molecular weight excluding hydrogens is 617 g/mol. The van der Waals surface area contributed by atoms with E-state index >= 15 is 0 Å². The van der Waals surface area contributed by atoms with Crippen LogP contribution in [0.5, 0.6) is 11.5 Å². The summed E-state index contributed by atoms with van der Waals surface area (Å²) in [5, 5.41) is 19.8. The largest absolute Gasteiger partial charge is 0.573 e. The Bertz CT molecular complexity index is 1690. The second kappa shape index (κ2) is 13.0. The number of aliphatic hydroxyl groups excluding tert-OH is 1. The maximum atomic E-state index is 12.5. The molecule has 0 bridgehead atoms. The third kappa shape index (κ3) is 7.16. The van der Waals surface area contributed by atoms with E-state index in [2.05, 4.69) is 51.0 Å². The number of aromatic nitrogens is 3.